The zero-order valence-electron chi connectivity index (χ0n) is 10.8. The molecule has 0 aliphatic heterocycles. The van der Waals surface area contributed by atoms with Gasteiger partial charge < -0.3 is 4.42 Å². The normalized spacial score (nSPS) is 13.6. The molecule has 92 valence electrons. The van der Waals surface area contributed by atoms with E-state index in [1.54, 1.807) is 0 Å². The Morgan fingerprint density at radius 3 is 2.68 bits per heavy atom. The summed E-state index contributed by atoms with van der Waals surface area (Å²) in [4.78, 5) is 0. The van der Waals surface area contributed by atoms with E-state index >= 15 is 0 Å². The SMILES string of the molecule is CC1=CCc2ccccc2-c2oc3ccccc3c21. The van der Waals surface area contributed by atoms with Crippen LogP contribution in [0.25, 0.3) is 27.9 Å². The molecule has 0 amide bonds. The van der Waals surface area contributed by atoms with Crippen LogP contribution in [-0.4, -0.2) is 0 Å². The van der Waals surface area contributed by atoms with Crippen molar-refractivity contribution in [2.75, 3.05) is 0 Å². The number of furan rings is 1. The fourth-order valence-corrected chi connectivity index (χ4v) is 2.91. The van der Waals surface area contributed by atoms with E-state index in [0.717, 1.165) is 17.8 Å². The lowest BCUT2D eigenvalue weighted by molar-refractivity contribution is 0.630. The monoisotopic (exact) mass is 246 g/mol. The van der Waals surface area contributed by atoms with Crippen molar-refractivity contribution < 1.29 is 4.42 Å². The Morgan fingerprint density at radius 1 is 0.947 bits per heavy atom. The van der Waals surface area contributed by atoms with Crippen molar-refractivity contribution in [1.82, 2.24) is 0 Å². The second kappa shape index (κ2) is 3.86. The lowest BCUT2D eigenvalue weighted by Gasteiger charge is -2.03. The summed E-state index contributed by atoms with van der Waals surface area (Å²) in [5.74, 6) is 1.02. The maximum atomic E-state index is 6.13. The molecule has 1 aliphatic carbocycles. The Hall–Kier alpha value is -2.28. The van der Waals surface area contributed by atoms with Crippen molar-refractivity contribution in [3.05, 3.63) is 65.7 Å². The molecule has 0 saturated carbocycles. The molecule has 1 heteroatoms. The van der Waals surface area contributed by atoms with Crippen LogP contribution >= 0.6 is 0 Å². The molecule has 2 aromatic carbocycles. The molecule has 1 aromatic heterocycles. The van der Waals surface area contributed by atoms with Gasteiger partial charge in [0.15, 0.2) is 0 Å². The second-order valence-corrected chi connectivity index (χ2v) is 5.05. The highest BCUT2D eigenvalue weighted by molar-refractivity contribution is 5.98. The van der Waals surface area contributed by atoms with Gasteiger partial charge in [-0.25, -0.2) is 0 Å². The van der Waals surface area contributed by atoms with Crippen LogP contribution in [0.1, 0.15) is 18.1 Å². The molecule has 19 heavy (non-hydrogen) atoms. The summed E-state index contributed by atoms with van der Waals surface area (Å²) >= 11 is 0. The van der Waals surface area contributed by atoms with Crippen LogP contribution in [-0.2, 0) is 6.42 Å². The molecular formula is C18H14O. The topological polar surface area (TPSA) is 13.1 Å². The Bertz CT molecular complexity index is 805. The van der Waals surface area contributed by atoms with Crippen molar-refractivity contribution in [3.63, 3.8) is 0 Å². The van der Waals surface area contributed by atoms with Crippen LogP contribution in [0.15, 0.2) is 59.0 Å². The Balaban J connectivity index is 2.16. The molecule has 0 unspecified atom stereocenters. The quantitative estimate of drug-likeness (QED) is 0.540. The van der Waals surface area contributed by atoms with Crippen molar-refractivity contribution in [1.29, 1.82) is 0 Å². The fourth-order valence-electron chi connectivity index (χ4n) is 2.91. The summed E-state index contributed by atoms with van der Waals surface area (Å²) in [6.07, 6.45) is 3.27. The first-order valence-corrected chi connectivity index (χ1v) is 6.61. The highest BCUT2D eigenvalue weighted by Crippen LogP contribution is 2.41. The van der Waals surface area contributed by atoms with E-state index in [4.69, 9.17) is 4.42 Å². The first kappa shape index (κ1) is 10.6. The minimum atomic E-state index is 0.969. The molecule has 0 N–H and O–H groups in total. The van der Waals surface area contributed by atoms with E-state index in [2.05, 4.69) is 49.4 Å². The third-order valence-electron chi connectivity index (χ3n) is 3.88. The van der Waals surface area contributed by atoms with Gasteiger partial charge in [0.25, 0.3) is 0 Å². The third kappa shape index (κ3) is 1.48. The minimum Gasteiger partial charge on any atom is -0.455 e. The van der Waals surface area contributed by atoms with Gasteiger partial charge in [-0.1, -0.05) is 48.5 Å². The highest BCUT2D eigenvalue weighted by atomic mass is 16.3. The predicted octanol–water partition coefficient (Wildman–Crippen LogP) is 5.06. The standard InChI is InChI=1S/C18H14O/c1-12-10-11-13-6-2-3-7-14(13)18-17(12)15-8-4-5-9-16(15)19-18/h2-10H,11H2,1H3. The van der Waals surface area contributed by atoms with E-state index in [9.17, 15) is 0 Å². The first-order chi connectivity index (χ1) is 9.34. The third-order valence-corrected chi connectivity index (χ3v) is 3.88. The predicted molar refractivity (Wildman–Crippen MR) is 79.0 cm³/mol. The average Bonchev–Trinajstić information content (AvgIpc) is 2.78. The largest absolute Gasteiger partial charge is 0.455 e. The lowest BCUT2D eigenvalue weighted by atomic mass is 10.0. The highest BCUT2D eigenvalue weighted by Gasteiger charge is 2.20. The van der Waals surface area contributed by atoms with Crippen molar-refractivity contribution >= 4 is 16.5 Å². The van der Waals surface area contributed by atoms with E-state index < -0.39 is 0 Å². The van der Waals surface area contributed by atoms with Crippen LogP contribution in [0.4, 0.5) is 0 Å². The van der Waals surface area contributed by atoms with Gasteiger partial charge in [-0.2, -0.15) is 0 Å². The minimum absolute atomic E-state index is 0.969. The van der Waals surface area contributed by atoms with Gasteiger partial charge in [-0.3, -0.25) is 0 Å². The number of hydrogen-bond donors (Lipinski definition) is 0. The maximum Gasteiger partial charge on any atom is 0.143 e. The summed E-state index contributed by atoms with van der Waals surface area (Å²) < 4.78 is 6.13. The van der Waals surface area contributed by atoms with Crippen LogP contribution < -0.4 is 0 Å². The molecule has 1 heterocycles. The molecule has 1 nitrogen and oxygen atoms in total. The number of para-hydroxylation sites is 1. The number of benzene rings is 2. The van der Waals surface area contributed by atoms with Crippen molar-refractivity contribution in [2.24, 2.45) is 0 Å². The van der Waals surface area contributed by atoms with Crippen molar-refractivity contribution in [2.45, 2.75) is 13.3 Å². The zero-order valence-corrected chi connectivity index (χ0v) is 10.8. The number of fused-ring (bicyclic) bond motifs is 5. The smallest absolute Gasteiger partial charge is 0.143 e. The summed E-state index contributed by atoms with van der Waals surface area (Å²) in [5, 5.41) is 1.21. The summed E-state index contributed by atoms with van der Waals surface area (Å²) in [6.45, 7) is 2.17. The second-order valence-electron chi connectivity index (χ2n) is 5.05. The van der Waals surface area contributed by atoms with Gasteiger partial charge in [0.05, 0.1) is 0 Å². The van der Waals surface area contributed by atoms with Gasteiger partial charge in [-0.15, -0.1) is 0 Å². The van der Waals surface area contributed by atoms with E-state index in [-0.39, 0.29) is 0 Å². The molecule has 4 rings (SSSR count). The molecule has 3 aromatic rings. The van der Waals surface area contributed by atoms with E-state index in [0.29, 0.717) is 0 Å². The van der Waals surface area contributed by atoms with Crippen molar-refractivity contribution in [3.8, 4) is 11.3 Å². The van der Waals surface area contributed by atoms with Crippen LogP contribution in [0.3, 0.4) is 0 Å². The zero-order chi connectivity index (χ0) is 12.8. The Morgan fingerprint density at radius 2 is 1.74 bits per heavy atom. The molecule has 0 bridgehead atoms. The first-order valence-electron chi connectivity index (χ1n) is 6.61. The van der Waals surface area contributed by atoms with Gasteiger partial charge in [-0.05, 0) is 30.5 Å². The molecular weight excluding hydrogens is 232 g/mol. The molecule has 0 fully saturated rings. The van der Waals surface area contributed by atoms with Crippen LogP contribution in [0.5, 0.6) is 0 Å². The van der Waals surface area contributed by atoms with E-state index in [1.807, 2.05) is 12.1 Å². The van der Waals surface area contributed by atoms with Gasteiger partial charge >= 0.3 is 0 Å². The van der Waals surface area contributed by atoms with Gasteiger partial charge in [0.1, 0.15) is 11.3 Å². The van der Waals surface area contributed by atoms with Crippen LogP contribution in [0.2, 0.25) is 0 Å². The maximum absolute atomic E-state index is 6.13. The van der Waals surface area contributed by atoms with E-state index in [1.165, 1.54) is 27.6 Å². The van der Waals surface area contributed by atoms with Crippen LogP contribution in [0, 0.1) is 0 Å². The number of rotatable bonds is 0. The molecule has 0 spiro atoms. The molecule has 1 aliphatic rings. The summed E-state index contributed by atoms with van der Waals surface area (Å²) in [5.41, 5.74) is 6.08. The Labute approximate surface area is 112 Å². The number of allylic oxidation sites excluding steroid dienone is 2. The van der Waals surface area contributed by atoms with Gasteiger partial charge in [0, 0.05) is 16.5 Å². The summed E-state index contributed by atoms with van der Waals surface area (Å²) in [6, 6.07) is 16.8. The molecule has 0 radical (unpaired) electrons. The summed E-state index contributed by atoms with van der Waals surface area (Å²) in [7, 11) is 0. The fraction of sp³-hybridized carbons (Fsp3) is 0.111. The van der Waals surface area contributed by atoms with Gasteiger partial charge in [0.2, 0.25) is 0 Å². The number of hydrogen-bond acceptors (Lipinski definition) is 1. The molecule has 0 atom stereocenters. The average molecular weight is 246 g/mol. The lowest BCUT2D eigenvalue weighted by Crippen LogP contribution is -1.84. The Kier molecular flexibility index (Phi) is 2.16. The molecule has 0 saturated heterocycles.